The molecule has 1 aromatic carbocycles. The number of thiocarbonyl (C=S) groups is 1. The van der Waals surface area contributed by atoms with E-state index in [0.29, 0.717) is 11.3 Å². The molecule has 0 spiro atoms. The van der Waals surface area contributed by atoms with Crippen LogP contribution >= 0.6 is 12.2 Å². The molecule has 0 saturated carbocycles. The summed E-state index contributed by atoms with van der Waals surface area (Å²) in [6, 6.07) is 6.68. The van der Waals surface area contributed by atoms with Crippen LogP contribution in [0.15, 0.2) is 36.4 Å². The fourth-order valence-corrected chi connectivity index (χ4v) is 1.92. The number of nitrogens with one attached hydrogen (secondary N) is 3. The second kappa shape index (κ2) is 10.2. The molecule has 0 aliphatic carbocycles. The first-order chi connectivity index (χ1) is 11.8. The van der Waals surface area contributed by atoms with Gasteiger partial charge in [0.2, 0.25) is 5.91 Å². The molecule has 0 aliphatic rings. The van der Waals surface area contributed by atoms with E-state index in [1.165, 1.54) is 0 Å². The predicted molar refractivity (Wildman–Crippen MR) is 99.2 cm³/mol. The van der Waals surface area contributed by atoms with Crippen LogP contribution in [0.5, 0.6) is 0 Å². The van der Waals surface area contributed by atoms with Crippen molar-refractivity contribution in [3.8, 4) is 0 Å². The molecule has 0 radical (unpaired) electrons. The Morgan fingerprint density at radius 3 is 2.36 bits per heavy atom. The number of amides is 2. The smallest absolute Gasteiger partial charge is 0.330 e. The monoisotopic (exact) mass is 363 g/mol. The van der Waals surface area contributed by atoms with Crippen LogP contribution in [0.25, 0.3) is 0 Å². The Morgan fingerprint density at radius 1 is 1.16 bits per heavy atom. The maximum Gasteiger partial charge on any atom is 0.330 e. The zero-order valence-electron chi connectivity index (χ0n) is 14.3. The minimum Gasteiger partial charge on any atom is -0.463 e. The Bertz CT molecular complexity index is 669. The van der Waals surface area contributed by atoms with Gasteiger partial charge in [0.05, 0.1) is 6.61 Å². The number of hydrogen-bond donors (Lipinski definition) is 3. The molecule has 0 bridgehead atoms. The second-order valence-corrected chi connectivity index (χ2v) is 5.64. The molecule has 0 aliphatic heterocycles. The van der Waals surface area contributed by atoms with Gasteiger partial charge in [0, 0.05) is 29.4 Å². The van der Waals surface area contributed by atoms with Gasteiger partial charge in [0.15, 0.2) is 5.11 Å². The van der Waals surface area contributed by atoms with Crippen LogP contribution in [0.2, 0.25) is 0 Å². The highest BCUT2D eigenvalue weighted by Gasteiger charge is 2.07. The van der Waals surface area contributed by atoms with E-state index in [1.54, 1.807) is 31.2 Å². The number of hydrogen-bond acceptors (Lipinski definition) is 5. The molecular weight excluding hydrogens is 342 g/mol. The van der Waals surface area contributed by atoms with Crippen molar-refractivity contribution in [2.45, 2.75) is 26.8 Å². The lowest BCUT2D eigenvalue weighted by Crippen LogP contribution is -2.33. The summed E-state index contributed by atoms with van der Waals surface area (Å²) in [7, 11) is 0. The fraction of sp³-hybridized carbons (Fsp3) is 0.294. The van der Waals surface area contributed by atoms with Crippen LogP contribution in [0, 0.1) is 0 Å². The normalized spacial score (nSPS) is 10.4. The SMILES string of the molecule is CCOC(=O)/C=C/C(=O)NC(=S)Nc1ccc(C(=O)NC(C)C)cc1. The van der Waals surface area contributed by atoms with Gasteiger partial charge in [0.25, 0.3) is 5.91 Å². The molecule has 3 N–H and O–H groups in total. The Hall–Kier alpha value is -2.74. The Morgan fingerprint density at radius 2 is 1.80 bits per heavy atom. The molecule has 0 fully saturated rings. The van der Waals surface area contributed by atoms with Crippen LogP contribution < -0.4 is 16.0 Å². The maximum atomic E-state index is 11.8. The molecule has 134 valence electrons. The molecule has 25 heavy (non-hydrogen) atoms. The van der Waals surface area contributed by atoms with Crippen LogP contribution in [-0.4, -0.2) is 35.5 Å². The molecule has 1 aromatic rings. The third-order valence-corrected chi connectivity index (χ3v) is 2.92. The summed E-state index contributed by atoms with van der Waals surface area (Å²) in [4.78, 5) is 34.6. The molecule has 0 atom stereocenters. The molecule has 2 amide bonds. The van der Waals surface area contributed by atoms with Gasteiger partial charge in [-0.2, -0.15) is 0 Å². The summed E-state index contributed by atoms with van der Waals surface area (Å²) in [5, 5.41) is 8.06. The molecule has 7 nitrogen and oxygen atoms in total. The minimum atomic E-state index is -0.605. The van der Waals surface area contributed by atoms with Gasteiger partial charge in [-0.15, -0.1) is 0 Å². The number of carbonyl (C=O) groups excluding carboxylic acids is 3. The Kier molecular flexibility index (Phi) is 8.28. The molecular formula is C17H21N3O4S. The van der Waals surface area contributed by atoms with Gasteiger partial charge in [-0.25, -0.2) is 4.79 Å². The molecule has 8 heteroatoms. The number of ether oxygens (including phenoxy) is 1. The van der Waals surface area contributed by atoms with Crippen LogP contribution in [0.1, 0.15) is 31.1 Å². The van der Waals surface area contributed by atoms with E-state index in [4.69, 9.17) is 12.2 Å². The van der Waals surface area contributed by atoms with Crippen LogP contribution in [0.4, 0.5) is 5.69 Å². The first kappa shape index (κ1) is 20.3. The van der Waals surface area contributed by atoms with Crippen molar-refractivity contribution in [3.63, 3.8) is 0 Å². The highest BCUT2D eigenvalue weighted by Crippen LogP contribution is 2.09. The van der Waals surface area contributed by atoms with Gasteiger partial charge in [-0.3, -0.25) is 14.9 Å². The average Bonchev–Trinajstić information content (AvgIpc) is 2.53. The van der Waals surface area contributed by atoms with Crippen molar-refractivity contribution in [1.29, 1.82) is 0 Å². The van der Waals surface area contributed by atoms with E-state index < -0.39 is 11.9 Å². The van der Waals surface area contributed by atoms with E-state index in [-0.39, 0.29) is 23.7 Å². The second-order valence-electron chi connectivity index (χ2n) is 5.23. The molecule has 0 heterocycles. The van der Waals surface area contributed by atoms with Crippen molar-refractivity contribution >= 4 is 40.8 Å². The number of carbonyl (C=O) groups is 3. The zero-order chi connectivity index (χ0) is 18.8. The maximum absolute atomic E-state index is 11.8. The molecule has 0 saturated heterocycles. The minimum absolute atomic E-state index is 0.0516. The largest absolute Gasteiger partial charge is 0.463 e. The van der Waals surface area contributed by atoms with Gasteiger partial charge < -0.3 is 15.4 Å². The van der Waals surface area contributed by atoms with Gasteiger partial charge >= 0.3 is 5.97 Å². The van der Waals surface area contributed by atoms with Crippen LogP contribution in [0.3, 0.4) is 0 Å². The molecule has 1 rings (SSSR count). The average molecular weight is 363 g/mol. The lowest BCUT2D eigenvalue weighted by molar-refractivity contribution is -0.137. The summed E-state index contributed by atoms with van der Waals surface area (Å²) >= 11 is 5.01. The first-order valence-electron chi connectivity index (χ1n) is 7.69. The van der Waals surface area contributed by atoms with E-state index in [0.717, 1.165) is 12.2 Å². The summed E-state index contributed by atoms with van der Waals surface area (Å²) in [5.41, 5.74) is 1.13. The quantitative estimate of drug-likeness (QED) is 0.405. The topological polar surface area (TPSA) is 96.5 Å². The summed E-state index contributed by atoms with van der Waals surface area (Å²) in [5.74, 6) is -1.33. The van der Waals surface area contributed by atoms with Gasteiger partial charge in [-0.1, -0.05) is 0 Å². The van der Waals surface area contributed by atoms with Crippen LogP contribution in [-0.2, 0) is 14.3 Å². The van der Waals surface area contributed by atoms with Crippen molar-refractivity contribution in [3.05, 3.63) is 42.0 Å². The lowest BCUT2D eigenvalue weighted by Gasteiger charge is -2.10. The number of esters is 1. The first-order valence-corrected chi connectivity index (χ1v) is 8.10. The number of anilines is 1. The van der Waals surface area contributed by atoms with E-state index >= 15 is 0 Å². The highest BCUT2D eigenvalue weighted by molar-refractivity contribution is 7.80. The van der Waals surface area contributed by atoms with Crippen molar-refractivity contribution in [2.24, 2.45) is 0 Å². The third-order valence-electron chi connectivity index (χ3n) is 2.72. The molecule has 0 aromatic heterocycles. The van der Waals surface area contributed by atoms with Gasteiger partial charge in [-0.05, 0) is 57.3 Å². The van der Waals surface area contributed by atoms with E-state index in [2.05, 4.69) is 20.7 Å². The summed E-state index contributed by atoms with van der Waals surface area (Å²) in [6.45, 7) is 5.66. The summed E-state index contributed by atoms with van der Waals surface area (Å²) < 4.78 is 4.66. The highest BCUT2D eigenvalue weighted by atomic mass is 32.1. The van der Waals surface area contributed by atoms with Gasteiger partial charge in [0.1, 0.15) is 0 Å². The van der Waals surface area contributed by atoms with Crippen molar-refractivity contribution in [1.82, 2.24) is 10.6 Å². The fourth-order valence-electron chi connectivity index (χ4n) is 1.70. The zero-order valence-corrected chi connectivity index (χ0v) is 15.1. The third kappa shape index (κ3) is 8.07. The lowest BCUT2D eigenvalue weighted by atomic mass is 10.2. The Balaban J connectivity index is 2.53. The number of benzene rings is 1. The van der Waals surface area contributed by atoms with E-state index in [1.807, 2.05) is 13.8 Å². The standard InChI is InChI=1S/C17H21N3O4S/c1-4-24-15(22)10-9-14(21)20-17(25)19-13-7-5-12(6-8-13)16(23)18-11(2)3/h5-11H,4H2,1-3H3,(H,18,23)(H2,19,20,21,25)/b10-9+. The Labute approximate surface area is 151 Å². The van der Waals surface area contributed by atoms with E-state index in [9.17, 15) is 14.4 Å². The predicted octanol–water partition coefficient (Wildman–Crippen LogP) is 1.76. The number of rotatable bonds is 6. The van der Waals surface area contributed by atoms with Crippen molar-refractivity contribution in [2.75, 3.05) is 11.9 Å². The summed E-state index contributed by atoms with van der Waals surface area (Å²) in [6.07, 6.45) is 2.05. The molecule has 0 unspecified atom stereocenters. The van der Waals surface area contributed by atoms with Crippen molar-refractivity contribution < 1.29 is 19.1 Å².